The van der Waals surface area contributed by atoms with Crippen LogP contribution in [-0.2, 0) is 10.9 Å². The van der Waals surface area contributed by atoms with Crippen molar-refractivity contribution in [2.45, 2.75) is 39.0 Å². The third-order valence-electron chi connectivity index (χ3n) is 4.86. The quantitative estimate of drug-likeness (QED) is 0.510. The number of rotatable bonds is 7. The maximum Gasteiger partial charge on any atom is 0.419 e. The molecule has 2 N–H and O–H groups in total. The van der Waals surface area contributed by atoms with Crippen molar-refractivity contribution in [2.24, 2.45) is 11.7 Å². The van der Waals surface area contributed by atoms with Gasteiger partial charge in [-0.05, 0) is 54.7 Å². The van der Waals surface area contributed by atoms with Gasteiger partial charge in [-0.15, -0.1) is 0 Å². The van der Waals surface area contributed by atoms with Crippen molar-refractivity contribution in [2.75, 3.05) is 6.61 Å². The van der Waals surface area contributed by atoms with Crippen LogP contribution < -0.4 is 10.5 Å². The lowest BCUT2D eigenvalue weighted by Gasteiger charge is -2.30. The van der Waals surface area contributed by atoms with Gasteiger partial charge in [-0.3, -0.25) is 9.97 Å². The van der Waals surface area contributed by atoms with E-state index < -0.39 is 23.4 Å². The molecule has 0 spiro atoms. The van der Waals surface area contributed by atoms with E-state index in [2.05, 4.69) is 9.97 Å². The van der Waals surface area contributed by atoms with Crippen LogP contribution in [0.1, 0.15) is 32.8 Å². The number of benzene rings is 1. The third-order valence-corrected chi connectivity index (χ3v) is 4.86. The summed E-state index contributed by atoms with van der Waals surface area (Å²) in [5.74, 6) is -0.262. The Labute approximate surface area is 183 Å². The molecule has 1 atom stereocenters. The predicted molar refractivity (Wildman–Crippen MR) is 114 cm³/mol. The number of alkyl halides is 3. The molecule has 0 radical (unpaired) electrons. The van der Waals surface area contributed by atoms with E-state index in [4.69, 9.17) is 15.2 Å². The van der Waals surface area contributed by atoms with E-state index in [9.17, 15) is 18.0 Å². The highest BCUT2D eigenvalue weighted by atomic mass is 19.4. The fourth-order valence-electron chi connectivity index (χ4n) is 3.75. The molecule has 0 aliphatic heterocycles. The van der Waals surface area contributed by atoms with E-state index in [1.165, 1.54) is 12.3 Å². The Morgan fingerprint density at radius 1 is 1.16 bits per heavy atom. The van der Waals surface area contributed by atoms with Crippen LogP contribution in [0, 0.1) is 5.92 Å². The monoisotopic (exact) mass is 447 g/mol. The van der Waals surface area contributed by atoms with Crippen molar-refractivity contribution in [1.82, 2.24) is 9.97 Å². The SMILES string of the molecule is CC(C)C[C@@](C)(COc1ccc(-c2ccnc3ccncc23)cc1C(F)(F)F)OC(N)=O. The molecular weight excluding hydrogens is 423 g/mol. The second kappa shape index (κ2) is 9.02. The molecule has 2 aromatic heterocycles. The molecule has 0 aliphatic rings. The van der Waals surface area contributed by atoms with Crippen molar-refractivity contribution in [3.8, 4) is 16.9 Å². The Hall–Kier alpha value is -3.36. The second-order valence-corrected chi connectivity index (χ2v) is 8.22. The Kier molecular flexibility index (Phi) is 6.57. The molecule has 6 nitrogen and oxygen atoms in total. The first-order valence-electron chi connectivity index (χ1n) is 10.00. The van der Waals surface area contributed by atoms with Crippen LogP contribution in [0.3, 0.4) is 0 Å². The largest absolute Gasteiger partial charge is 0.489 e. The first kappa shape index (κ1) is 23.3. The van der Waals surface area contributed by atoms with Crippen molar-refractivity contribution < 1.29 is 27.4 Å². The predicted octanol–water partition coefficient (Wildman–Crippen LogP) is 5.59. The smallest absolute Gasteiger partial charge is 0.419 e. The zero-order valence-electron chi connectivity index (χ0n) is 17.9. The molecule has 0 bridgehead atoms. The number of primary amides is 1. The summed E-state index contributed by atoms with van der Waals surface area (Å²) >= 11 is 0. The van der Waals surface area contributed by atoms with Gasteiger partial charge in [0.1, 0.15) is 18.0 Å². The maximum atomic E-state index is 13.9. The van der Waals surface area contributed by atoms with Crippen molar-refractivity contribution in [3.05, 3.63) is 54.5 Å². The van der Waals surface area contributed by atoms with E-state index in [0.29, 0.717) is 28.5 Å². The standard InChI is InChI=1S/C23H24F3N3O3/c1-14(2)11-22(3,32-21(27)30)13-31-20-5-4-15(10-18(20)23(24,25)26)16-6-9-29-19-7-8-28-12-17(16)19/h4-10,12,14H,11,13H2,1-3H3,(H2,27,30)/t22-/m0/s1. The number of carbonyl (C=O) groups excluding carboxylic acids is 1. The summed E-state index contributed by atoms with van der Waals surface area (Å²) in [6, 6.07) is 7.17. The van der Waals surface area contributed by atoms with Crippen LogP contribution in [0.2, 0.25) is 0 Å². The number of fused-ring (bicyclic) bond motifs is 1. The molecule has 2 heterocycles. The van der Waals surface area contributed by atoms with E-state index in [-0.39, 0.29) is 18.3 Å². The number of carbonyl (C=O) groups is 1. The average molecular weight is 447 g/mol. The second-order valence-electron chi connectivity index (χ2n) is 8.22. The van der Waals surface area contributed by atoms with Gasteiger partial charge in [-0.2, -0.15) is 13.2 Å². The summed E-state index contributed by atoms with van der Waals surface area (Å²) in [6.07, 6.45) is -0.640. The highest BCUT2D eigenvalue weighted by molar-refractivity contribution is 5.93. The lowest BCUT2D eigenvalue weighted by atomic mass is 9.94. The topological polar surface area (TPSA) is 87.3 Å². The minimum absolute atomic E-state index is 0.0981. The third kappa shape index (κ3) is 5.46. The van der Waals surface area contributed by atoms with Crippen molar-refractivity contribution in [1.29, 1.82) is 0 Å². The van der Waals surface area contributed by atoms with Gasteiger partial charge < -0.3 is 15.2 Å². The first-order chi connectivity index (χ1) is 15.0. The highest BCUT2D eigenvalue weighted by Gasteiger charge is 2.36. The number of nitrogens with two attached hydrogens (primary N) is 1. The van der Waals surface area contributed by atoms with Gasteiger partial charge in [0.15, 0.2) is 0 Å². The summed E-state index contributed by atoms with van der Waals surface area (Å²) in [7, 11) is 0. The number of aromatic nitrogens is 2. The molecule has 170 valence electrons. The van der Waals surface area contributed by atoms with Crippen LogP contribution in [0.4, 0.5) is 18.0 Å². The van der Waals surface area contributed by atoms with Gasteiger partial charge in [0, 0.05) is 24.0 Å². The number of ether oxygens (including phenoxy) is 2. The highest BCUT2D eigenvalue weighted by Crippen LogP contribution is 2.40. The van der Waals surface area contributed by atoms with Crippen LogP contribution >= 0.6 is 0 Å². The minimum Gasteiger partial charge on any atom is -0.489 e. The van der Waals surface area contributed by atoms with Crippen LogP contribution in [0.15, 0.2) is 48.9 Å². The van der Waals surface area contributed by atoms with E-state index >= 15 is 0 Å². The van der Waals surface area contributed by atoms with Crippen LogP contribution in [-0.4, -0.2) is 28.3 Å². The molecular formula is C23H24F3N3O3. The summed E-state index contributed by atoms with van der Waals surface area (Å²) < 4.78 is 52.4. The molecule has 0 aliphatic carbocycles. The lowest BCUT2D eigenvalue weighted by Crippen LogP contribution is -2.41. The Morgan fingerprint density at radius 2 is 1.91 bits per heavy atom. The molecule has 0 fully saturated rings. The van der Waals surface area contributed by atoms with E-state index in [0.717, 1.165) is 6.07 Å². The molecule has 9 heteroatoms. The fourth-order valence-corrected chi connectivity index (χ4v) is 3.75. The Balaban J connectivity index is 1.98. The van der Waals surface area contributed by atoms with Crippen LogP contribution in [0.5, 0.6) is 5.75 Å². The first-order valence-corrected chi connectivity index (χ1v) is 10.00. The number of hydrogen-bond donors (Lipinski definition) is 1. The average Bonchev–Trinajstić information content (AvgIpc) is 2.70. The van der Waals surface area contributed by atoms with Gasteiger partial charge in [0.2, 0.25) is 0 Å². The number of halogens is 3. The fraction of sp³-hybridized carbons (Fsp3) is 0.348. The Bertz CT molecular complexity index is 1110. The van der Waals surface area contributed by atoms with Gasteiger partial charge in [-0.25, -0.2) is 4.79 Å². The lowest BCUT2D eigenvalue weighted by molar-refractivity contribution is -0.139. The molecule has 3 aromatic rings. The number of hydrogen-bond acceptors (Lipinski definition) is 5. The molecule has 1 aromatic carbocycles. The molecule has 32 heavy (non-hydrogen) atoms. The Morgan fingerprint density at radius 3 is 2.56 bits per heavy atom. The maximum absolute atomic E-state index is 13.9. The van der Waals surface area contributed by atoms with Gasteiger partial charge in [0.05, 0.1) is 11.1 Å². The zero-order chi connectivity index (χ0) is 23.5. The van der Waals surface area contributed by atoms with E-state index in [1.54, 1.807) is 37.5 Å². The number of amides is 1. The number of pyridine rings is 2. The van der Waals surface area contributed by atoms with Gasteiger partial charge >= 0.3 is 12.3 Å². The molecule has 0 saturated carbocycles. The molecule has 0 saturated heterocycles. The zero-order valence-corrected chi connectivity index (χ0v) is 17.9. The summed E-state index contributed by atoms with van der Waals surface area (Å²) in [5, 5.41) is 0.635. The van der Waals surface area contributed by atoms with Crippen LogP contribution in [0.25, 0.3) is 22.0 Å². The molecule has 1 amide bonds. The van der Waals surface area contributed by atoms with Crippen molar-refractivity contribution >= 4 is 17.0 Å². The molecule has 0 unspecified atom stereocenters. The number of nitrogens with zero attached hydrogens (tertiary/aromatic N) is 2. The van der Waals surface area contributed by atoms with E-state index in [1.807, 2.05) is 13.8 Å². The van der Waals surface area contributed by atoms with Gasteiger partial charge in [0.25, 0.3) is 0 Å². The summed E-state index contributed by atoms with van der Waals surface area (Å²) in [4.78, 5) is 19.6. The minimum atomic E-state index is -4.66. The van der Waals surface area contributed by atoms with Crippen molar-refractivity contribution in [3.63, 3.8) is 0 Å². The summed E-state index contributed by atoms with van der Waals surface area (Å²) in [5.41, 5.74) is 4.58. The van der Waals surface area contributed by atoms with Gasteiger partial charge in [-0.1, -0.05) is 19.9 Å². The normalized spacial score (nSPS) is 13.7. The molecule has 3 rings (SSSR count). The summed E-state index contributed by atoms with van der Waals surface area (Å²) in [6.45, 7) is 5.09.